The van der Waals surface area contributed by atoms with Crippen LogP contribution in [0.25, 0.3) is 0 Å². The molecule has 0 spiro atoms. The third-order valence-electron chi connectivity index (χ3n) is 2.59. The summed E-state index contributed by atoms with van der Waals surface area (Å²) >= 11 is 0. The van der Waals surface area contributed by atoms with E-state index < -0.39 is 5.97 Å². The van der Waals surface area contributed by atoms with Crippen molar-refractivity contribution in [3.8, 4) is 5.75 Å². The molecule has 5 heteroatoms. The summed E-state index contributed by atoms with van der Waals surface area (Å²) in [5.74, 6) is -0.265. The van der Waals surface area contributed by atoms with Gasteiger partial charge in [-0.1, -0.05) is 0 Å². The summed E-state index contributed by atoms with van der Waals surface area (Å²) < 4.78 is 10.1. The maximum absolute atomic E-state index is 10.6. The second kappa shape index (κ2) is 8.97. The normalized spacial score (nSPS) is 9.89. The highest BCUT2D eigenvalue weighted by Gasteiger charge is 2.01. The zero-order valence-corrected chi connectivity index (χ0v) is 10.7. The first-order chi connectivity index (χ1) is 9.24. The topological polar surface area (TPSA) is 72.8 Å². The highest BCUT2D eigenvalue weighted by atomic mass is 16.5. The van der Waals surface area contributed by atoms with Crippen LogP contribution in [-0.2, 0) is 9.53 Å². The number of carbonyl (C=O) groups excluding carboxylic acids is 1. The Bertz CT molecular complexity index is 385. The van der Waals surface area contributed by atoms with Crippen molar-refractivity contribution in [2.24, 2.45) is 0 Å². The number of carboxylic acid groups (broad SMARTS) is 1. The number of unbranched alkanes of at least 4 members (excludes halogenated alkanes) is 3. The highest BCUT2D eigenvalue weighted by molar-refractivity contribution is 5.87. The van der Waals surface area contributed by atoms with Crippen molar-refractivity contribution in [3.05, 3.63) is 29.8 Å². The zero-order valence-electron chi connectivity index (χ0n) is 10.7. The minimum atomic E-state index is -0.941. The van der Waals surface area contributed by atoms with Crippen LogP contribution in [0.3, 0.4) is 0 Å². The number of carbonyl (C=O) groups is 2. The summed E-state index contributed by atoms with van der Waals surface area (Å²) in [4.78, 5) is 20.5. The Morgan fingerprint density at radius 2 is 1.68 bits per heavy atom. The van der Waals surface area contributed by atoms with E-state index in [1.54, 1.807) is 12.1 Å². The van der Waals surface area contributed by atoms with Crippen LogP contribution < -0.4 is 4.74 Å². The lowest BCUT2D eigenvalue weighted by molar-refractivity contribution is -0.128. The first kappa shape index (κ1) is 15.0. The van der Waals surface area contributed by atoms with E-state index in [9.17, 15) is 9.59 Å². The average molecular weight is 266 g/mol. The Morgan fingerprint density at radius 1 is 1.05 bits per heavy atom. The minimum Gasteiger partial charge on any atom is -0.494 e. The summed E-state index contributed by atoms with van der Waals surface area (Å²) in [5.41, 5.74) is 0.252. The Kier molecular flexibility index (Phi) is 7.09. The van der Waals surface area contributed by atoms with Crippen molar-refractivity contribution in [1.29, 1.82) is 0 Å². The fourth-order valence-electron chi connectivity index (χ4n) is 1.57. The van der Waals surface area contributed by atoms with Crippen LogP contribution in [0.1, 0.15) is 36.0 Å². The number of aromatic carboxylic acids is 1. The molecule has 0 radical (unpaired) electrons. The molecule has 0 aliphatic heterocycles. The summed E-state index contributed by atoms with van der Waals surface area (Å²) in [6, 6.07) is 6.35. The zero-order chi connectivity index (χ0) is 13.9. The van der Waals surface area contributed by atoms with Crippen molar-refractivity contribution >= 4 is 12.4 Å². The molecule has 0 aliphatic carbocycles. The van der Waals surface area contributed by atoms with Crippen LogP contribution in [0, 0.1) is 0 Å². The predicted octanol–water partition coefficient (Wildman–Crippen LogP) is 2.50. The van der Waals surface area contributed by atoms with Gasteiger partial charge < -0.3 is 14.6 Å². The van der Waals surface area contributed by atoms with Gasteiger partial charge in [0.1, 0.15) is 5.75 Å². The molecule has 0 amide bonds. The molecule has 0 aliphatic rings. The van der Waals surface area contributed by atoms with E-state index in [2.05, 4.69) is 4.74 Å². The summed E-state index contributed by atoms with van der Waals surface area (Å²) in [5, 5.41) is 8.74. The summed E-state index contributed by atoms with van der Waals surface area (Å²) in [7, 11) is 0. The van der Waals surface area contributed by atoms with Gasteiger partial charge in [-0.3, -0.25) is 4.79 Å². The van der Waals surface area contributed by atoms with Gasteiger partial charge in [0.05, 0.1) is 18.8 Å². The van der Waals surface area contributed by atoms with Gasteiger partial charge >= 0.3 is 5.97 Å². The molecule has 19 heavy (non-hydrogen) atoms. The standard InChI is InChI=1S/C14H18O5/c15-11-18-9-3-1-2-4-10-19-13-7-5-12(6-8-13)14(16)17/h5-8,11H,1-4,9-10H2,(H,16,17). The van der Waals surface area contributed by atoms with Crippen molar-refractivity contribution in [3.63, 3.8) is 0 Å². The number of ether oxygens (including phenoxy) is 2. The van der Waals surface area contributed by atoms with Crippen LogP contribution in [-0.4, -0.2) is 30.8 Å². The second-order valence-electron chi connectivity index (χ2n) is 4.06. The lowest BCUT2D eigenvalue weighted by Crippen LogP contribution is -1.99. The van der Waals surface area contributed by atoms with Gasteiger partial charge in [0.2, 0.25) is 0 Å². The smallest absolute Gasteiger partial charge is 0.335 e. The van der Waals surface area contributed by atoms with E-state index in [4.69, 9.17) is 9.84 Å². The van der Waals surface area contributed by atoms with E-state index in [1.165, 1.54) is 12.1 Å². The lowest BCUT2D eigenvalue weighted by atomic mass is 10.2. The molecule has 5 nitrogen and oxygen atoms in total. The SMILES string of the molecule is O=COCCCCCCOc1ccc(C(=O)O)cc1. The van der Waals surface area contributed by atoms with Crippen molar-refractivity contribution in [1.82, 2.24) is 0 Å². The molecule has 1 rings (SSSR count). The monoisotopic (exact) mass is 266 g/mol. The number of hydrogen-bond acceptors (Lipinski definition) is 4. The fraction of sp³-hybridized carbons (Fsp3) is 0.429. The van der Waals surface area contributed by atoms with Gasteiger partial charge in [-0.2, -0.15) is 0 Å². The van der Waals surface area contributed by atoms with Crippen molar-refractivity contribution < 1.29 is 24.2 Å². The molecule has 0 heterocycles. The van der Waals surface area contributed by atoms with Gasteiger partial charge in [0.25, 0.3) is 6.47 Å². The molecule has 0 saturated heterocycles. The van der Waals surface area contributed by atoms with Gasteiger partial charge in [-0.05, 0) is 49.9 Å². The second-order valence-corrected chi connectivity index (χ2v) is 4.06. The number of benzene rings is 1. The third-order valence-corrected chi connectivity index (χ3v) is 2.59. The van der Waals surface area contributed by atoms with E-state index in [0.29, 0.717) is 25.4 Å². The van der Waals surface area contributed by atoms with E-state index in [-0.39, 0.29) is 5.56 Å². The van der Waals surface area contributed by atoms with Crippen LogP contribution in [0.5, 0.6) is 5.75 Å². The van der Waals surface area contributed by atoms with E-state index in [0.717, 1.165) is 25.7 Å². The summed E-state index contributed by atoms with van der Waals surface area (Å²) in [6.45, 7) is 1.53. The van der Waals surface area contributed by atoms with Gasteiger partial charge in [0, 0.05) is 0 Å². The predicted molar refractivity (Wildman–Crippen MR) is 69.4 cm³/mol. The quantitative estimate of drug-likeness (QED) is 0.520. The molecular formula is C14H18O5. The molecular weight excluding hydrogens is 248 g/mol. The molecule has 1 aromatic rings. The number of hydrogen-bond donors (Lipinski definition) is 1. The largest absolute Gasteiger partial charge is 0.494 e. The molecule has 0 unspecified atom stereocenters. The third kappa shape index (κ3) is 6.45. The molecule has 0 bridgehead atoms. The van der Waals surface area contributed by atoms with E-state index >= 15 is 0 Å². The lowest BCUT2D eigenvalue weighted by Gasteiger charge is -2.06. The molecule has 0 atom stereocenters. The van der Waals surface area contributed by atoms with Crippen molar-refractivity contribution in [2.75, 3.05) is 13.2 Å². The molecule has 104 valence electrons. The molecule has 0 fully saturated rings. The number of rotatable bonds is 10. The fourth-order valence-corrected chi connectivity index (χ4v) is 1.57. The Balaban J connectivity index is 2.09. The first-order valence-electron chi connectivity index (χ1n) is 6.25. The van der Waals surface area contributed by atoms with Crippen LogP contribution in [0.15, 0.2) is 24.3 Å². The van der Waals surface area contributed by atoms with Crippen LogP contribution in [0.2, 0.25) is 0 Å². The van der Waals surface area contributed by atoms with Crippen LogP contribution in [0.4, 0.5) is 0 Å². The van der Waals surface area contributed by atoms with Gasteiger partial charge in [-0.25, -0.2) is 4.79 Å². The van der Waals surface area contributed by atoms with Gasteiger partial charge in [-0.15, -0.1) is 0 Å². The highest BCUT2D eigenvalue weighted by Crippen LogP contribution is 2.13. The average Bonchev–Trinajstić information content (AvgIpc) is 2.42. The molecule has 0 aromatic heterocycles. The Labute approximate surface area is 112 Å². The summed E-state index contributed by atoms with van der Waals surface area (Å²) in [6.07, 6.45) is 3.79. The molecule has 1 aromatic carbocycles. The maximum Gasteiger partial charge on any atom is 0.335 e. The molecule has 1 N–H and O–H groups in total. The maximum atomic E-state index is 10.6. The minimum absolute atomic E-state index is 0.252. The first-order valence-corrected chi connectivity index (χ1v) is 6.25. The number of carboxylic acids is 1. The van der Waals surface area contributed by atoms with Crippen molar-refractivity contribution in [2.45, 2.75) is 25.7 Å². The Hall–Kier alpha value is -2.04. The van der Waals surface area contributed by atoms with Crippen LogP contribution >= 0.6 is 0 Å². The Morgan fingerprint density at radius 3 is 2.26 bits per heavy atom. The van der Waals surface area contributed by atoms with E-state index in [1.807, 2.05) is 0 Å². The van der Waals surface area contributed by atoms with Gasteiger partial charge in [0.15, 0.2) is 0 Å². The molecule has 0 saturated carbocycles.